The minimum absolute atomic E-state index is 0.0573. The quantitative estimate of drug-likeness (QED) is 0.635. The molecule has 6 nitrogen and oxygen atoms in total. The molecule has 1 aromatic heterocycles. The number of benzene rings is 1. The molecule has 19 heavy (non-hydrogen) atoms. The number of nitrogens with two attached hydrogens (primary N) is 1. The van der Waals surface area contributed by atoms with Crippen molar-refractivity contribution in [3.05, 3.63) is 40.7 Å². The Morgan fingerprint density at radius 3 is 2.89 bits per heavy atom. The van der Waals surface area contributed by atoms with Gasteiger partial charge in [0.1, 0.15) is 0 Å². The Morgan fingerprint density at radius 1 is 1.42 bits per heavy atom. The lowest BCUT2D eigenvalue weighted by molar-refractivity contribution is -0.383. The molecule has 2 aromatic rings. The zero-order chi connectivity index (χ0) is 13.8. The summed E-state index contributed by atoms with van der Waals surface area (Å²) >= 11 is 0. The van der Waals surface area contributed by atoms with Crippen molar-refractivity contribution in [1.29, 1.82) is 0 Å². The Morgan fingerprint density at radius 2 is 2.21 bits per heavy atom. The fourth-order valence-electron chi connectivity index (χ4n) is 1.87. The predicted molar refractivity (Wildman–Crippen MR) is 75.2 cm³/mol. The SMILES string of the molecule is CCC(N)CNc1ccc([N+](=O)[O-])c2ccncc12. The third-order valence-electron chi connectivity index (χ3n) is 3.07. The van der Waals surface area contributed by atoms with Crippen molar-refractivity contribution in [3.63, 3.8) is 0 Å². The van der Waals surface area contributed by atoms with Crippen molar-refractivity contribution in [3.8, 4) is 0 Å². The lowest BCUT2D eigenvalue weighted by Crippen LogP contribution is -2.28. The van der Waals surface area contributed by atoms with Crippen LogP contribution in [0.4, 0.5) is 11.4 Å². The summed E-state index contributed by atoms with van der Waals surface area (Å²) in [7, 11) is 0. The first-order valence-corrected chi connectivity index (χ1v) is 6.14. The van der Waals surface area contributed by atoms with Crippen LogP contribution in [0.5, 0.6) is 0 Å². The second-order valence-corrected chi connectivity index (χ2v) is 4.36. The number of nitro benzene ring substituents is 1. The molecule has 1 aromatic carbocycles. The van der Waals surface area contributed by atoms with Gasteiger partial charge in [-0.05, 0) is 18.6 Å². The third-order valence-corrected chi connectivity index (χ3v) is 3.07. The van der Waals surface area contributed by atoms with Gasteiger partial charge in [-0.15, -0.1) is 0 Å². The van der Waals surface area contributed by atoms with E-state index in [0.29, 0.717) is 11.9 Å². The highest BCUT2D eigenvalue weighted by molar-refractivity contribution is 5.99. The number of nitro groups is 1. The second-order valence-electron chi connectivity index (χ2n) is 4.36. The first-order chi connectivity index (χ1) is 9.13. The van der Waals surface area contributed by atoms with Gasteiger partial charge in [0, 0.05) is 42.1 Å². The summed E-state index contributed by atoms with van der Waals surface area (Å²) in [5, 5.41) is 15.5. The Hall–Kier alpha value is -2.21. The number of pyridine rings is 1. The summed E-state index contributed by atoms with van der Waals surface area (Å²) in [4.78, 5) is 14.6. The highest BCUT2D eigenvalue weighted by Gasteiger charge is 2.14. The van der Waals surface area contributed by atoms with Gasteiger partial charge in [0.05, 0.1) is 10.3 Å². The van der Waals surface area contributed by atoms with E-state index in [2.05, 4.69) is 10.3 Å². The number of aromatic nitrogens is 1. The van der Waals surface area contributed by atoms with Gasteiger partial charge in [-0.2, -0.15) is 0 Å². The van der Waals surface area contributed by atoms with E-state index in [1.54, 1.807) is 24.5 Å². The highest BCUT2D eigenvalue weighted by Crippen LogP contribution is 2.30. The molecule has 0 aliphatic heterocycles. The first kappa shape index (κ1) is 13.2. The lowest BCUT2D eigenvalue weighted by atomic mass is 10.1. The number of hydrogen-bond donors (Lipinski definition) is 2. The van der Waals surface area contributed by atoms with E-state index in [4.69, 9.17) is 5.73 Å². The molecule has 100 valence electrons. The average Bonchev–Trinajstić information content (AvgIpc) is 2.43. The standard InChI is InChI=1S/C13H16N4O2/c1-2-9(14)7-16-12-3-4-13(17(18)19)10-5-6-15-8-11(10)12/h3-6,8-9,16H,2,7,14H2,1H3. The first-order valence-electron chi connectivity index (χ1n) is 6.14. The van der Waals surface area contributed by atoms with E-state index in [1.807, 2.05) is 6.92 Å². The van der Waals surface area contributed by atoms with Crippen molar-refractivity contribution in [1.82, 2.24) is 4.98 Å². The molecule has 0 aliphatic carbocycles. The molecule has 0 saturated heterocycles. The van der Waals surface area contributed by atoms with E-state index < -0.39 is 0 Å². The van der Waals surface area contributed by atoms with Crippen LogP contribution >= 0.6 is 0 Å². The molecule has 1 atom stereocenters. The fourth-order valence-corrected chi connectivity index (χ4v) is 1.87. The molecule has 0 fully saturated rings. The van der Waals surface area contributed by atoms with Crippen molar-refractivity contribution >= 4 is 22.1 Å². The van der Waals surface area contributed by atoms with Gasteiger partial charge in [0.2, 0.25) is 0 Å². The zero-order valence-corrected chi connectivity index (χ0v) is 10.7. The van der Waals surface area contributed by atoms with Crippen LogP contribution < -0.4 is 11.1 Å². The molecule has 3 N–H and O–H groups in total. The normalized spacial score (nSPS) is 12.3. The van der Waals surface area contributed by atoms with Gasteiger partial charge in [0.25, 0.3) is 5.69 Å². The maximum Gasteiger partial charge on any atom is 0.277 e. The summed E-state index contributed by atoms with van der Waals surface area (Å²) < 4.78 is 0. The van der Waals surface area contributed by atoms with Gasteiger partial charge < -0.3 is 11.1 Å². The van der Waals surface area contributed by atoms with Gasteiger partial charge in [-0.25, -0.2) is 0 Å². The number of non-ortho nitro benzene ring substituents is 1. The Labute approximate surface area is 110 Å². The van der Waals surface area contributed by atoms with Crippen LogP contribution in [-0.4, -0.2) is 22.5 Å². The Bertz CT molecular complexity index is 600. The molecule has 2 rings (SSSR count). The third kappa shape index (κ3) is 2.79. The van der Waals surface area contributed by atoms with E-state index in [0.717, 1.165) is 17.5 Å². The number of anilines is 1. The number of fused-ring (bicyclic) bond motifs is 1. The van der Waals surface area contributed by atoms with Crippen LogP contribution in [0.15, 0.2) is 30.6 Å². The summed E-state index contributed by atoms with van der Waals surface area (Å²) in [6, 6.07) is 4.91. The number of rotatable bonds is 5. The molecule has 0 radical (unpaired) electrons. The molecule has 0 amide bonds. The molecule has 1 heterocycles. The van der Waals surface area contributed by atoms with Crippen LogP contribution in [0.3, 0.4) is 0 Å². The zero-order valence-electron chi connectivity index (χ0n) is 10.7. The summed E-state index contributed by atoms with van der Waals surface area (Å²) in [6.07, 6.45) is 4.05. The van der Waals surface area contributed by atoms with Gasteiger partial charge in [-0.1, -0.05) is 6.92 Å². The molecule has 6 heteroatoms. The highest BCUT2D eigenvalue weighted by atomic mass is 16.6. The minimum atomic E-state index is -0.385. The average molecular weight is 260 g/mol. The van der Waals surface area contributed by atoms with E-state index in [-0.39, 0.29) is 16.7 Å². The van der Waals surface area contributed by atoms with Crippen molar-refractivity contribution < 1.29 is 4.92 Å². The van der Waals surface area contributed by atoms with Crippen LogP contribution in [-0.2, 0) is 0 Å². The Balaban J connectivity index is 2.41. The van der Waals surface area contributed by atoms with Gasteiger partial charge in [0.15, 0.2) is 0 Å². The fraction of sp³-hybridized carbons (Fsp3) is 0.308. The topological polar surface area (TPSA) is 94.1 Å². The summed E-state index contributed by atoms with van der Waals surface area (Å²) in [6.45, 7) is 2.64. The summed E-state index contributed by atoms with van der Waals surface area (Å²) in [5.74, 6) is 0. The van der Waals surface area contributed by atoms with Crippen molar-refractivity contribution in [2.45, 2.75) is 19.4 Å². The molecular formula is C13H16N4O2. The second kappa shape index (κ2) is 5.62. The van der Waals surface area contributed by atoms with Crippen LogP contribution in [0.1, 0.15) is 13.3 Å². The molecule has 0 aliphatic rings. The largest absolute Gasteiger partial charge is 0.383 e. The number of nitrogens with one attached hydrogen (secondary N) is 1. The Kier molecular flexibility index (Phi) is 3.91. The van der Waals surface area contributed by atoms with Crippen LogP contribution in [0, 0.1) is 10.1 Å². The van der Waals surface area contributed by atoms with E-state index >= 15 is 0 Å². The van der Waals surface area contributed by atoms with Crippen LogP contribution in [0.2, 0.25) is 0 Å². The molecule has 0 saturated carbocycles. The smallest absolute Gasteiger partial charge is 0.277 e. The molecular weight excluding hydrogens is 244 g/mol. The number of nitrogens with zero attached hydrogens (tertiary/aromatic N) is 2. The molecule has 0 bridgehead atoms. The van der Waals surface area contributed by atoms with E-state index in [1.165, 1.54) is 6.07 Å². The van der Waals surface area contributed by atoms with Crippen LogP contribution in [0.25, 0.3) is 10.8 Å². The number of hydrogen-bond acceptors (Lipinski definition) is 5. The monoisotopic (exact) mass is 260 g/mol. The summed E-state index contributed by atoms with van der Waals surface area (Å²) in [5.41, 5.74) is 6.76. The molecule has 0 spiro atoms. The van der Waals surface area contributed by atoms with Crippen molar-refractivity contribution in [2.24, 2.45) is 5.73 Å². The maximum atomic E-state index is 11.0. The van der Waals surface area contributed by atoms with Gasteiger partial charge >= 0.3 is 0 Å². The predicted octanol–water partition coefficient (Wildman–Crippen LogP) is 2.29. The maximum absolute atomic E-state index is 11.0. The lowest BCUT2D eigenvalue weighted by Gasteiger charge is -2.13. The van der Waals surface area contributed by atoms with Gasteiger partial charge in [-0.3, -0.25) is 15.1 Å². The minimum Gasteiger partial charge on any atom is -0.383 e. The van der Waals surface area contributed by atoms with E-state index in [9.17, 15) is 10.1 Å². The van der Waals surface area contributed by atoms with Crippen molar-refractivity contribution in [2.75, 3.05) is 11.9 Å². The molecule has 1 unspecified atom stereocenters.